The normalized spacial score (nSPS) is 10.5. The minimum atomic E-state index is -0.261. The van der Waals surface area contributed by atoms with Crippen LogP contribution in [0.4, 0.5) is 5.69 Å². The molecule has 0 bridgehead atoms. The molecule has 1 aromatic carbocycles. The number of amides is 1. The van der Waals surface area contributed by atoms with E-state index in [-0.39, 0.29) is 18.0 Å². The number of aromatic nitrogens is 2. The zero-order valence-electron chi connectivity index (χ0n) is 12.5. The van der Waals surface area contributed by atoms with Gasteiger partial charge in [0.25, 0.3) is 5.56 Å². The summed E-state index contributed by atoms with van der Waals surface area (Å²) < 4.78 is 1.29. The van der Waals surface area contributed by atoms with Crippen LogP contribution in [0.1, 0.15) is 5.56 Å². The van der Waals surface area contributed by atoms with Gasteiger partial charge in [0.15, 0.2) is 0 Å². The number of carbonyl (C=O) groups excluding carboxylic acids is 1. The molecule has 1 N–H and O–H groups in total. The number of aryl methyl sites for hydroxylation is 1. The lowest BCUT2D eigenvalue weighted by atomic mass is 10.2. The molecule has 0 spiro atoms. The first-order chi connectivity index (χ1) is 11.1. The number of carbonyl (C=O) groups is 1. The standard InChI is InChI=1S/C17H15N3O2S/c1-12-4-2-5-13(8-12)19-16(21)10-20-11-18-14(9-17(20)22)15-6-3-7-23-15/h2-9,11H,10H2,1H3,(H,19,21). The van der Waals surface area contributed by atoms with E-state index in [9.17, 15) is 9.59 Å². The SMILES string of the molecule is Cc1cccc(NC(=O)Cn2cnc(-c3cccs3)cc2=O)c1. The third kappa shape index (κ3) is 3.73. The van der Waals surface area contributed by atoms with E-state index in [0.717, 1.165) is 10.4 Å². The van der Waals surface area contributed by atoms with Gasteiger partial charge in [-0.05, 0) is 36.1 Å². The van der Waals surface area contributed by atoms with E-state index in [1.807, 2.05) is 48.7 Å². The molecule has 0 radical (unpaired) electrons. The summed E-state index contributed by atoms with van der Waals surface area (Å²) in [4.78, 5) is 29.4. The van der Waals surface area contributed by atoms with Crippen molar-refractivity contribution in [1.82, 2.24) is 9.55 Å². The van der Waals surface area contributed by atoms with Crippen molar-refractivity contribution in [1.29, 1.82) is 0 Å². The van der Waals surface area contributed by atoms with Crippen LogP contribution in [-0.4, -0.2) is 15.5 Å². The third-order valence-electron chi connectivity index (χ3n) is 3.27. The highest BCUT2D eigenvalue weighted by molar-refractivity contribution is 7.13. The van der Waals surface area contributed by atoms with Crippen molar-refractivity contribution in [3.05, 3.63) is 70.1 Å². The van der Waals surface area contributed by atoms with Crippen LogP contribution >= 0.6 is 11.3 Å². The van der Waals surface area contributed by atoms with E-state index in [1.165, 1.54) is 28.3 Å². The first kappa shape index (κ1) is 15.2. The second-order valence-corrected chi connectivity index (χ2v) is 6.08. The van der Waals surface area contributed by atoms with E-state index in [1.54, 1.807) is 0 Å². The summed E-state index contributed by atoms with van der Waals surface area (Å²) in [5.41, 5.74) is 2.15. The van der Waals surface area contributed by atoms with Crippen LogP contribution in [0.5, 0.6) is 0 Å². The van der Waals surface area contributed by atoms with Crippen LogP contribution in [-0.2, 0) is 11.3 Å². The summed E-state index contributed by atoms with van der Waals surface area (Å²) in [6.45, 7) is 1.89. The van der Waals surface area contributed by atoms with E-state index in [2.05, 4.69) is 10.3 Å². The van der Waals surface area contributed by atoms with Gasteiger partial charge in [0.05, 0.1) is 16.9 Å². The van der Waals surface area contributed by atoms with Gasteiger partial charge in [0.2, 0.25) is 5.91 Å². The van der Waals surface area contributed by atoms with Crippen LogP contribution in [0, 0.1) is 6.92 Å². The van der Waals surface area contributed by atoms with Gasteiger partial charge in [-0.15, -0.1) is 11.3 Å². The average molecular weight is 325 g/mol. The number of thiophene rings is 1. The minimum Gasteiger partial charge on any atom is -0.325 e. The maximum absolute atomic E-state index is 12.1. The molecule has 2 heterocycles. The quantitative estimate of drug-likeness (QED) is 0.802. The van der Waals surface area contributed by atoms with Crippen LogP contribution in [0.3, 0.4) is 0 Å². The molecule has 6 heteroatoms. The Morgan fingerprint density at radius 2 is 2.13 bits per heavy atom. The Balaban J connectivity index is 1.73. The number of rotatable bonds is 4. The predicted molar refractivity (Wildman–Crippen MR) is 91.6 cm³/mol. The number of nitrogens with zero attached hydrogens (tertiary/aromatic N) is 2. The van der Waals surface area contributed by atoms with Gasteiger partial charge in [-0.1, -0.05) is 18.2 Å². The molecule has 116 valence electrons. The van der Waals surface area contributed by atoms with E-state index in [0.29, 0.717) is 11.4 Å². The lowest BCUT2D eigenvalue weighted by Crippen LogP contribution is -2.27. The van der Waals surface area contributed by atoms with Gasteiger partial charge in [-0.2, -0.15) is 0 Å². The van der Waals surface area contributed by atoms with Gasteiger partial charge >= 0.3 is 0 Å². The smallest absolute Gasteiger partial charge is 0.254 e. The average Bonchev–Trinajstić information content (AvgIpc) is 3.03. The number of nitrogens with one attached hydrogen (secondary N) is 1. The molecule has 2 aromatic heterocycles. The molecule has 0 aliphatic heterocycles. The highest BCUT2D eigenvalue weighted by Gasteiger charge is 2.08. The first-order valence-corrected chi connectivity index (χ1v) is 7.97. The summed E-state index contributed by atoms with van der Waals surface area (Å²) in [6.07, 6.45) is 1.41. The monoisotopic (exact) mass is 325 g/mol. The minimum absolute atomic E-state index is 0.0650. The van der Waals surface area contributed by atoms with Gasteiger partial charge in [-0.3, -0.25) is 14.2 Å². The van der Waals surface area contributed by atoms with Crippen LogP contribution in [0.2, 0.25) is 0 Å². The fourth-order valence-corrected chi connectivity index (χ4v) is 2.88. The Hall–Kier alpha value is -2.73. The largest absolute Gasteiger partial charge is 0.325 e. The van der Waals surface area contributed by atoms with Crippen molar-refractivity contribution >= 4 is 22.9 Å². The molecule has 0 saturated heterocycles. The van der Waals surface area contributed by atoms with Crippen molar-refractivity contribution in [3.63, 3.8) is 0 Å². The van der Waals surface area contributed by atoms with Crippen LogP contribution < -0.4 is 10.9 Å². The molecule has 23 heavy (non-hydrogen) atoms. The summed E-state index contributed by atoms with van der Waals surface area (Å²) in [5.74, 6) is -0.261. The molecule has 1 amide bonds. The lowest BCUT2D eigenvalue weighted by Gasteiger charge is -2.08. The zero-order valence-corrected chi connectivity index (χ0v) is 13.3. The third-order valence-corrected chi connectivity index (χ3v) is 4.16. The van der Waals surface area contributed by atoms with Crippen molar-refractivity contribution in [2.75, 3.05) is 5.32 Å². The Labute approximate surface area is 137 Å². The molecule has 0 fully saturated rings. The highest BCUT2D eigenvalue weighted by atomic mass is 32.1. The summed E-state index contributed by atoms with van der Waals surface area (Å²) in [7, 11) is 0. The molecule has 0 aliphatic carbocycles. The topological polar surface area (TPSA) is 64.0 Å². The van der Waals surface area contributed by atoms with Crippen molar-refractivity contribution in [2.24, 2.45) is 0 Å². The van der Waals surface area contributed by atoms with Crippen molar-refractivity contribution < 1.29 is 4.79 Å². The summed E-state index contributed by atoms with van der Waals surface area (Å²) >= 11 is 1.52. The van der Waals surface area contributed by atoms with Gasteiger partial charge in [-0.25, -0.2) is 4.98 Å². The first-order valence-electron chi connectivity index (χ1n) is 7.09. The molecular weight excluding hydrogens is 310 g/mol. The Bertz CT molecular complexity index is 885. The Kier molecular flexibility index (Phi) is 4.34. The fraction of sp³-hybridized carbons (Fsp3) is 0.118. The second kappa shape index (κ2) is 6.58. The maximum atomic E-state index is 12.1. The molecule has 0 saturated carbocycles. The second-order valence-electron chi connectivity index (χ2n) is 5.14. The molecule has 3 rings (SSSR count). The molecule has 0 atom stereocenters. The molecule has 0 aliphatic rings. The Morgan fingerprint density at radius 1 is 1.26 bits per heavy atom. The molecular formula is C17H15N3O2S. The van der Waals surface area contributed by atoms with Gasteiger partial charge in [0.1, 0.15) is 6.54 Å². The molecule has 0 unspecified atom stereocenters. The predicted octanol–water partition coefficient (Wildman–Crippen LogP) is 2.92. The highest BCUT2D eigenvalue weighted by Crippen LogP contribution is 2.20. The fourth-order valence-electron chi connectivity index (χ4n) is 2.18. The summed E-state index contributed by atoms with van der Waals surface area (Å²) in [6, 6.07) is 12.8. The maximum Gasteiger partial charge on any atom is 0.254 e. The van der Waals surface area contributed by atoms with E-state index < -0.39 is 0 Å². The van der Waals surface area contributed by atoms with Crippen molar-refractivity contribution in [3.8, 4) is 10.6 Å². The van der Waals surface area contributed by atoms with E-state index in [4.69, 9.17) is 0 Å². The number of hydrogen-bond donors (Lipinski definition) is 1. The summed E-state index contributed by atoms with van der Waals surface area (Å²) in [5, 5.41) is 4.70. The molecule has 5 nitrogen and oxygen atoms in total. The van der Waals surface area contributed by atoms with Gasteiger partial charge in [0, 0.05) is 11.8 Å². The number of benzene rings is 1. The number of anilines is 1. The van der Waals surface area contributed by atoms with Crippen molar-refractivity contribution in [2.45, 2.75) is 13.5 Å². The zero-order chi connectivity index (χ0) is 16.2. The molecule has 3 aromatic rings. The van der Waals surface area contributed by atoms with Crippen LogP contribution in [0.25, 0.3) is 10.6 Å². The van der Waals surface area contributed by atoms with Crippen LogP contribution in [0.15, 0.2) is 59.0 Å². The van der Waals surface area contributed by atoms with Gasteiger partial charge < -0.3 is 5.32 Å². The Morgan fingerprint density at radius 3 is 2.83 bits per heavy atom. The lowest BCUT2D eigenvalue weighted by molar-refractivity contribution is -0.116. The number of hydrogen-bond acceptors (Lipinski definition) is 4. The van der Waals surface area contributed by atoms with E-state index >= 15 is 0 Å².